The molecule has 2 aromatic heterocycles. The minimum Gasteiger partial charge on any atom is -0.490 e. The molecular weight excluding hydrogens is 372 g/mol. The van der Waals surface area contributed by atoms with Crippen molar-refractivity contribution < 1.29 is 14.3 Å². The van der Waals surface area contributed by atoms with E-state index in [2.05, 4.69) is 4.98 Å². The second kappa shape index (κ2) is 7.84. The monoisotopic (exact) mass is 394 g/mol. The lowest BCUT2D eigenvalue weighted by Gasteiger charge is -2.28. The van der Waals surface area contributed by atoms with E-state index < -0.39 is 5.60 Å². The molecule has 1 aliphatic heterocycles. The maximum Gasteiger partial charge on any atom is 0.410 e. The van der Waals surface area contributed by atoms with Crippen molar-refractivity contribution >= 4 is 29.0 Å². The van der Waals surface area contributed by atoms with Crippen LogP contribution in [-0.2, 0) is 4.74 Å². The van der Waals surface area contributed by atoms with Crippen LogP contribution in [0.15, 0.2) is 29.8 Å². The van der Waals surface area contributed by atoms with Crippen LogP contribution in [0.3, 0.4) is 0 Å². The lowest BCUT2D eigenvalue weighted by atomic mass is 10.2. The number of ether oxygens (including phenoxy) is 2. The van der Waals surface area contributed by atoms with Gasteiger partial charge in [-0.05, 0) is 51.1 Å². The highest BCUT2D eigenvalue weighted by Gasteiger charge is 2.32. The van der Waals surface area contributed by atoms with E-state index in [9.17, 15) is 4.79 Å². The summed E-state index contributed by atoms with van der Waals surface area (Å²) in [6.45, 7) is 6.72. The minimum atomic E-state index is -0.499. The second-order valence-electron chi connectivity index (χ2n) is 7.27. The molecular formula is C19H23ClN2O3S. The summed E-state index contributed by atoms with van der Waals surface area (Å²) >= 11 is 7.81. The molecule has 1 amide bonds. The van der Waals surface area contributed by atoms with Gasteiger partial charge in [0, 0.05) is 17.0 Å². The molecule has 1 fully saturated rings. The topological polar surface area (TPSA) is 51.7 Å². The van der Waals surface area contributed by atoms with Crippen molar-refractivity contribution in [1.29, 1.82) is 0 Å². The zero-order valence-corrected chi connectivity index (χ0v) is 16.8. The van der Waals surface area contributed by atoms with Crippen LogP contribution in [-0.4, -0.2) is 40.8 Å². The molecule has 140 valence electrons. The first-order valence-electron chi connectivity index (χ1n) is 8.65. The molecule has 5 nitrogen and oxygen atoms in total. The van der Waals surface area contributed by atoms with E-state index in [1.165, 1.54) is 0 Å². The number of hydrogen-bond donors (Lipinski definition) is 0. The molecule has 0 bridgehead atoms. The van der Waals surface area contributed by atoms with Crippen molar-refractivity contribution in [3.63, 3.8) is 0 Å². The second-order valence-corrected chi connectivity index (χ2v) is 8.57. The number of pyridine rings is 1. The molecule has 7 heteroatoms. The van der Waals surface area contributed by atoms with Crippen molar-refractivity contribution in [3.05, 3.63) is 34.9 Å². The molecule has 3 heterocycles. The molecule has 1 saturated heterocycles. The van der Waals surface area contributed by atoms with Gasteiger partial charge in [-0.25, -0.2) is 9.78 Å². The fourth-order valence-electron chi connectivity index (χ4n) is 2.87. The molecule has 0 spiro atoms. The predicted octanol–water partition coefficient (Wildman–Crippen LogP) is 5.24. The SMILES string of the molecule is CC(C)(C)OC(=O)N1CCC[C@H]1COc1cnc(Cl)c(-c2cccs2)c1. The van der Waals surface area contributed by atoms with Gasteiger partial charge in [0.15, 0.2) is 0 Å². The van der Waals surface area contributed by atoms with Gasteiger partial charge < -0.3 is 14.4 Å². The third-order valence-corrected chi connectivity index (χ3v) is 5.25. The van der Waals surface area contributed by atoms with Crippen molar-refractivity contribution in [3.8, 4) is 16.2 Å². The Hall–Kier alpha value is -1.79. The molecule has 26 heavy (non-hydrogen) atoms. The number of nitrogens with zero attached hydrogens (tertiary/aromatic N) is 2. The van der Waals surface area contributed by atoms with Gasteiger partial charge >= 0.3 is 6.09 Å². The molecule has 0 radical (unpaired) electrons. The highest BCUT2D eigenvalue weighted by molar-refractivity contribution is 7.13. The van der Waals surface area contributed by atoms with Crippen LogP contribution in [0.4, 0.5) is 4.79 Å². The Labute approximate surface area is 162 Å². The minimum absolute atomic E-state index is 0.00529. The molecule has 3 rings (SSSR count). The summed E-state index contributed by atoms with van der Waals surface area (Å²) in [6, 6.07) is 5.87. The van der Waals surface area contributed by atoms with Crippen LogP contribution in [0.5, 0.6) is 5.75 Å². The van der Waals surface area contributed by atoms with Crippen LogP contribution < -0.4 is 4.74 Å². The average molecular weight is 395 g/mol. The first-order valence-corrected chi connectivity index (χ1v) is 9.91. The van der Waals surface area contributed by atoms with E-state index >= 15 is 0 Å². The van der Waals surface area contributed by atoms with Crippen molar-refractivity contribution in [2.24, 2.45) is 0 Å². The van der Waals surface area contributed by atoms with Gasteiger partial charge in [0.2, 0.25) is 0 Å². The summed E-state index contributed by atoms with van der Waals surface area (Å²) < 4.78 is 11.4. The highest BCUT2D eigenvalue weighted by atomic mass is 35.5. The molecule has 1 atom stereocenters. The zero-order chi connectivity index (χ0) is 18.7. The number of aromatic nitrogens is 1. The third kappa shape index (κ3) is 4.68. The Balaban J connectivity index is 1.65. The lowest BCUT2D eigenvalue weighted by molar-refractivity contribution is 0.0187. The van der Waals surface area contributed by atoms with Crippen LogP contribution in [0.25, 0.3) is 10.4 Å². The van der Waals surface area contributed by atoms with Crippen molar-refractivity contribution in [2.75, 3.05) is 13.2 Å². The number of rotatable bonds is 4. The van der Waals surface area contributed by atoms with Gasteiger partial charge in [0.05, 0.1) is 12.2 Å². The van der Waals surface area contributed by atoms with Gasteiger partial charge in [-0.3, -0.25) is 0 Å². The number of halogens is 1. The van der Waals surface area contributed by atoms with Crippen LogP contribution >= 0.6 is 22.9 Å². The number of carbonyl (C=O) groups is 1. The van der Waals surface area contributed by atoms with E-state index in [0.29, 0.717) is 24.1 Å². The molecule has 2 aromatic rings. The number of carbonyl (C=O) groups excluding carboxylic acids is 1. The Kier molecular flexibility index (Phi) is 5.73. The van der Waals surface area contributed by atoms with Crippen LogP contribution in [0.1, 0.15) is 33.6 Å². The van der Waals surface area contributed by atoms with E-state index in [1.807, 2.05) is 44.4 Å². The van der Waals surface area contributed by atoms with E-state index in [4.69, 9.17) is 21.1 Å². The zero-order valence-electron chi connectivity index (χ0n) is 15.2. The number of amides is 1. The smallest absolute Gasteiger partial charge is 0.410 e. The Morgan fingerprint density at radius 1 is 1.46 bits per heavy atom. The summed E-state index contributed by atoms with van der Waals surface area (Å²) in [4.78, 5) is 19.4. The quantitative estimate of drug-likeness (QED) is 0.665. The largest absolute Gasteiger partial charge is 0.490 e. The van der Waals surface area contributed by atoms with Crippen molar-refractivity contribution in [2.45, 2.75) is 45.3 Å². The standard InChI is InChI=1S/C19H23ClN2O3S/c1-19(2,3)25-18(23)22-8-4-6-13(22)12-24-14-10-15(17(20)21-11-14)16-7-5-9-26-16/h5,7,9-11,13H,4,6,8,12H2,1-3H3/t13-/m0/s1. The molecule has 0 unspecified atom stereocenters. The van der Waals surface area contributed by atoms with Gasteiger partial charge in [0.1, 0.15) is 23.1 Å². The number of likely N-dealkylation sites (tertiary alicyclic amines) is 1. The molecule has 0 saturated carbocycles. The molecule has 1 aliphatic rings. The summed E-state index contributed by atoms with van der Waals surface area (Å²) in [5, 5.41) is 2.45. The first-order chi connectivity index (χ1) is 12.3. The summed E-state index contributed by atoms with van der Waals surface area (Å²) in [7, 11) is 0. The number of thiophene rings is 1. The lowest BCUT2D eigenvalue weighted by Crippen LogP contribution is -2.42. The maximum atomic E-state index is 12.4. The van der Waals surface area contributed by atoms with Gasteiger partial charge in [-0.1, -0.05) is 17.7 Å². The summed E-state index contributed by atoms with van der Waals surface area (Å²) in [6.07, 6.45) is 3.19. The Morgan fingerprint density at radius 3 is 2.96 bits per heavy atom. The van der Waals surface area contributed by atoms with Crippen LogP contribution in [0.2, 0.25) is 5.15 Å². The predicted molar refractivity (Wildman–Crippen MR) is 104 cm³/mol. The summed E-state index contributed by atoms with van der Waals surface area (Å²) in [5.41, 5.74) is 0.357. The molecule has 0 aromatic carbocycles. The number of hydrogen-bond acceptors (Lipinski definition) is 5. The van der Waals surface area contributed by atoms with Gasteiger partial charge in [-0.15, -0.1) is 11.3 Å². The molecule has 0 aliphatic carbocycles. The first kappa shape index (κ1) is 19.0. The van der Waals surface area contributed by atoms with Crippen molar-refractivity contribution in [1.82, 2.24) is 9.88 Å². The highest BCUT2D eigenvalue weighted by Crippen LogP contribution is 2.33. The summed E-state index contributed by atoms with van der Waals surface area (Å²) in [5.74, 6) is 0.647. The fraction of sp³-hybridized carbons (Fsp3) is 0.474. The van der Waals surface area contributed by atoms with Gasteiger partial charge in [0.25, 0.3) is 0 Å². The van der Waals surface area contributed by atoms with E-state index in [1.54, 1.807) is 22.4 Å². The molecule has 0 N–H and O–H groups in total. The van der Waals surface area contributed by atoms with E-state index in [-0.39, 0.29) is 12.1 Å². The Bertz CT molecular complexity index is 759. The Morgan fingerprint density at radius 2 is 2.27 bits per heavy atom. The normalized spacial score (nSPS) is 17.4. The van der Waals surface area contributed by atoms with E-state index in [0.717, 1.165) is 23.3 Å². The fourth-order valence-corrected chi connectivity index (χ4v) is 3.88. The average Bonchev–Trinajstić information content (AvgIpc) is 3.24. The third-order valence-electron chi connectivity index (χ3n) is 4.05. The van der Waals surface area contributed by atoms with Crippen LogP contribution in [0, 0.1) is 0 Å². The maximum absolute atomic E-state index is 12.4. The van der Waals surface area contributed by atoms with Gasteiger partial charge in [-0.2, -0.15) is 0 Å².